The second kappa shape index (κ2) is 10.8. The first kappa shape index (κ1) is 25.0. The van der Waals surface area contributed by atoms with E-state index in [1.54, 1.807) is 6.92 Å². The van der Waals surface area contributed by atoms with E-state index in [0.717, 1.165) is 25.7 Å². The van der Waals surface area contributed by atoms with Crippen molar-refractivity contribution in [1.29, 1.82) is 0 Å². The molecule has 1 aromatic rings. The lowest BCUT2D eigenvalue weighted by molar-refractivity contribution is -0.143. The van der Waals surface area contributed by atoms with E-state index in [2.05, 4.69) is 10.6 Å². The molecule has 0 saturated heterocycles. The van der Waals surface area contributed by atoms with Crippen molar-refractivity contribution in [3.05, 3.63) is 30.1 Å². The van der Waals surface area contributed by atoms with Crippen LogP contribution in [0.5, 0.6) is 0 Å². The van der Waals surface area contributed by atoms with Crippen LogP contribution in [0.25, 0.3) is 0 Å². The average molecular weight is 454 g/mol. The Kier molecular flexibility index (Phi) is 8.73. The second-order valence-electron chi connectivity index (χ2n) is 8.88. The fraction of sp³-hybridized carbons (Fsp3) is 0.591. The summed E-state index contributed by atoms with van der Waals surface area (Å²) in [4.78, 5) is 39.2. The minimum atomic E-state index is -1.76. The summed E-state index contributed by atoms with van der Waals surface area (Å²) in [6.07, 6.45) is 4.05. The van der Waals surface area contributed by atoms with Crippen molar-refractivity contribution in [2.75, 3.05) is 16.8 Å². The molecular weight excluding hydrogens is 421 g/mol. The molecule has 0 spiro atoms. The van der Waals surface area contributed by atoms with Gasteiger partial charge in [0.05, 0.1) is 0 Å². The SMILES string of the molecule is CC(C(=O)NC1CCCC1)N(C(=O)CS(=O)CC(=O)Nc1ccc(F)cc1)C(C)(C)C. The third-order valence-corrected chi connectivity index (χ3v) is 6.32. The summed E-state index contributed by atoms with van der Waals surface area (Å²) in [5.41, 5.74) is -0.285. The molecule has 172 valence electrons. The van der Waals surface area contributed by atoms with Crippen molar-refractivity contribution in [2.24, 2.45) is 0 Å². The van der Waals surface area contributed by atoms with Crippen molar-refractivity contribution in [1.82, 2.24) is 10.2 Å². The van der Waals surface area contributed by atoms with Crippen molar-refractivity contribution in [2.45, 2.75) is 71.0 Å². The highest BCUT2D eigenvalue weighted by Crippen LogP contribution is 2.21. The fourth-order valence-electron chi connectivity index (χ4n) is 3.82. The molecule has 7 nitrogen and oxygen atoms in total. The maximum atomic E-state index is 13.0. The Bertz CT molecular complexity index is 817. The highest BCUT2D eigenvalue weighted by atomic mass is 32.2. The first-order chi connectivity index (χ1) is 14.5. The van der Waals surface area contributed by atoms with Crippen LogP contribution in [0.1, 0.15) is 53.4 Å². The van der Waals surface area contributed by atoms with E-state index >= 15 is 0 Å². The Hall–Kier alpha value is -2.29. The summed E-state index contributed by atoms with van der Waals surface area (Å²) in [7, 11) is -1.76. The number of carbonyl (C=O) groups excluding carboxylic acids is 3. The van der Waals surface area contributed by atoms with Crippen LogP contribution < -0.4 is 10.6 Å². The van der Waals surface area contributed by atoms with E-state index < -0.39 is 40.0 Å². The monoisotopic (exact) mass is 453 g/mol. The first-order valence-corrected chi connectivity index (χ1v) is 12.0. The predicted molar refractivity (Wildman–Crippen MR) is 119 cm³/mol. The Labute approximate surface area is 185 Å². The van der Waals surface area contributed by atoms with E-state index in [1.165, 1.54) is 29.2 Å². The second-order valence-corrected chi connectivity index (χ2v) is 10.3. The maximum absolute atomic E-state index is 13.0. The standard InChI is InChI=1S/C22H32FN3O4S/c1-15(21(29)25-17-7-5-6-8-17)26(22(2,3)4)20(28)14-31(30)13-19(27)24-18-11-9-16(23)10-12-18/h9-12,15,17H,5-8,13-14H2,1-4H3,(H,24,27)(H,25,29). The number of rotatable bonds is 8. The van der Waals surface area contributed by atoms with E-state index in [1.807, 2.05) is 20.8 Å². The van der Waals surface area contributed by atoms with Gasteiger partial charge >= 0.3 is 0 Å². The molecule has 2 N–H and O–H groups in total. The molecule has 2 rings (SSSR count). The van der Waals surface area contributed by atoms with Crippen molar-refractivity contribution >= 4 is 34.2 Å². The molecule has 2 unspecified atom stereocenters. The lowest BCUT2D eigenvalue weighted by atomic mass is 10.0. The van der Waals surface area contributed by atoms with Crippen LogP contribution in [0, 0.1) is 5.82 Å². The molecule has 1 saturated carbocycles. The molecule has 0 aliphatic heterocycles. The number of carbonyl (C=O) groups is 3. The molecule has 0 aromatic heterocycles. The van der Waals surface area contributed by atoms with Gasteiger partial charge in [-0.3, -0.25) is 18.6 Å². The van der Waals surface area contributed by atoms with E-state index in [-0.39, 0.29) is 23.5 Å². The van der Waals surface area contributed by atoms with Gasteiger partial charge in [-0.15, -0.1) is 0 Å². The molecule has 2 atom stereocenters. The van der Waals surface area contributed by atoms with Crippen LogP contribution in [-0.4, -0.2) is 56.0 Å². The number of hydrogen-bond acceptors (Lipinski definition) is 4. The Balaban J connectivity index is 1.95. The molecule has 9 heteroatoms. The molecule has 31 heavy (non-hydrogen) atoms. The van der Waals surface area contributed by atoms with Gasteiger partial charge in [-0.1, -0.05) is 12.8 Å². The van der Waals surface area contributed by atoms with Gasteiger partial charge in [0.15, 0.2) is 0 Å². The third-order valence-electron chi connectivity index (χ3n) is 5.16. The van der Waals surface area contributed by atoms with Gasteiger partial charge in [0.1, 0.15) is 23.4 Å². The Morgan fingerprint density at radius 2 is 1.71 bits per heavy atom. The molecule has 1 fully saturated rings. The number of hydrogen-bond donors (Lipinski definition) is 2. The number of benzene rings is 1. The summed E-state index contributed by atoms with van der Waals surface area (Å²) in [5.74, 6) is -2.38. The van der Waals surface area contributed by atoms with Crippen LogP contribution in [-0.2, 0) is 25.2 Å². The van der Waals surface area contributed by atoms with E-state index in [4.69, 9.17) is 0 Å². The molecule has 0 bridgehead atoms. The van der Waals surface area contributed by atoms with Gasteiger partial charge in [0.2, 0.25) is 17.7 Å². The highest BCUT2D eigenvalue weighted by molar-refractivity contribution is 7.86. The average Bonchev–Trinajstić information content (AvgIpc) is 3.15. The van der Waals surface area contributed by atoms with Crippen molar-refractivity contribution < 1.29 is 23.0 Å². The number of halogens is 1. The highest BCUT2D eigenvalue weighted by Gasteiger charge is 2.36. The quantitative estimate of drug-likeness (QED) is 0.632. The predicted octanol–water partition coefficient (Wildman–Crippen LogP) is 2.59. The Morgan fingerprint density at radius 1 is 1.13 bits per heavy atom. The number of amides is 3. The van der Waals surface area contributed by atoms with Gasteiger partial charge in [0, 0.05) is 28.1 Å². The van der Waals surface area contributed by atoms with Crippen molar-refractivity contribution in [3.63, 3.8) is 0 Å². The summed E-state index contributed by atoms with van der Waals surface area (Å²) in [6.45, 7) is 7.11. The van der Waals surface area contributed by atoms with Crippen LogP contribution in [0.15, 0.2) is 24.3 Å². The van der Waals surface area contributed by atoms with Gasteiger partial charge in [-0.05, 0) is 64.8 Å². The molecular formula is C22H32FN3O4S. The van der Waals surface area contributed by atoms with E-state index in [0.29, 0.717) is 5.69 Å². The van der Waals surface area contributed by atoms with Gasteiger partial charge in [0.25, 0.3) is 0 Å². The van der Waals surface area contributed by atoms with Crippen LogP contribution in [0.4, 0.5) is 10.1 Å². The zero-order valence-electron chi connectivity index (χ0n) is 18.6. The molecule has 1 aliphatic rings. The number of nitrogens with one attached hydrogen (secondary N) is 2. The normalized spacial score (nSPS) is 16.4. The summed E-state index contributed by atoms with van der Waals surface area (Å²) >= 11 is 0. The fourth-order valence-corrected chi connectivity index (χ4v) is 4.70. The van der Waals surface area contributed by atoms with Crippen LogP contribution in [0.3, 0.4) is 0 Å². The van der Waals surface area contributed by atoms with Gasteiger partial charge in [-0.25, -0.2) is 4.39 Å². The topological polar surface area (TPSA) is 95.6 Å². The molecule has 0 heterocycles. The number of nitrogens with zero attached hydrogens (tertiary/aromatic N) is 1. The zero-order chi connectivity index (χ0) is 23.2. The van der Waals surface area contributed by atoms with Gasteiger partial charge in [-0.2, -0.15) is 0 Å². The lowest BCUT2D eigenvalue weighted by Gasteiger charge is -2.40. The largest absolute Gasteiger partial charge is 0.352 e. The van der Waals surface area contributed by atoms with E-state index in [9.17, 15) is 23.0 Å². The van der Waals surface area contributed by atoms with Crippen LogP contribution in [0.2, 0.25) is 0 Å². The molecule has 1 aliphatic carbocycles. The van der Waals surface area contributed by atoms with Gasteiger partial charge < -0.3 is 15.5 Å². The maximum Gasteiger partial charge on any atom is 0.242 e. The molecule has 0 radical (unpaired) electrons. The van der Waals surface area contributed by atoms with Crippen LogP contribution >= 0.6 is 0 Å². The zero-order valence-corrected chi connectivity index (χ0v) is 19.4. The summed E-state index contributed by atoms with van der Waals surface area (Å²) < 4.78 is 25.4. The van der Waals surface area contributed by atoms with Crippen molar-refractivity contribution in [3.8, 4) is 0 Å². The Morgan fingerprint density at radius 3 is 2.26 bits per heavy atom. The smallest absolute Gasteiger partial charge is 0.242 e. The number of anilines is 1. The summed E-state index contributed by atoms with van der Waals surface area (Å²) in [5, 5.41) is 5.53. The minimum Gasteiger partial charge on any atom is -0.352 e. The third kappa shape index (κ3) is 7.72. The molecule has 1 aromatic carbocycles. The summed E-state index contributed by atoms with van der Waals surface area (Å²) in [6, 6.07) is 4.61. The lowest BCUT2D eigenvalue weighted by Crippen LogP contribution is -2.58. The minimum absolute atomic E-state index is 0.135. The first-order valence-electron chi connectivity index (χ1n) is 10.5. The molecule has 3 amide bonds.